The zero-order chi connectivity index (χ0) is 15.5. The SMILES string of the molecule is N#Cc1ccc(S(=O)(=O)NCC2CCC(O)CC2)c(N)c1. The Balaban J connectivity index is 2.03. The number of hydrogen-bond donors (Lipinski definition) is 3. The highest BCUT2D eigenvalue weighted by Gasteiger charge is 2.23. The Morgan fingerprint density at radius 1 is 1.33 bits per heavy atom. The molecule has 0 atom stereocenters. The van der Waals surface area contributed by atoms with E-state index < -0.39 is 10.0 Å². The van der Waals surface area contributed by atoms with Crippen LogP contribution >= 0.6 is 0 Å². The van der Waals surface area contributed by atoms with Crippen molar-refractivity contribution in [2.75, 3.05) is 12.3 Å². The largest absolute Gasteiger partial charge is 0.398 e. The van der Waals surface area contributed by atoms with Crippen LogP contribution < -0.4 is 10.5 Å². The molecule has 2 rings (SSSR count). The average molecular weight is 309 g/mol. The maximum Gasteiger partial charge on any atom is 0.242 e. The first-order chi connectivity index (χ1) is 9.92. The first kappa shape index (κ1) is 15.8. The second kappa shape index (κ2) is 6.43. The number of sulfonamides is 1. The Kier molecular flexibility index (Phi) is 4.83. The molecular formula is C14H19N3O3S. The zero-order valence-electron chi connectivity index (χ0n) is 11.6. The van der Waals surface area contributed by atoms with Crippen molar-refractivity contribution in [1.82, 2.24) is 4.72 Å². The molecule has 0 aliphatic heterocycles. The number of benzene rings is 1. The molecule has 114 valence electrons. The molecule has 1 saturated carbocycles. The molecule has 21 heavy (non-hydrogen) atoms. The lowest BCUT2D eigenvalue weighted by molar-refractivity contribution is 0.110. The van der Waals surface area contributed by atoms with E-state index in [1.807, 2.05) is 6.07 Å². The number of aliphatic hydroxyl groups excluding tert-OH is 1. The summed E-state index contributed by atoms with van der Waals surface area (Å²) in [5.41, 5.74) is 6.10. The van der Waals surface area contributed by atoms with Crippen LogP contribution in [0.15, 0.2) is 23.1 Å². The minimum atomic E-state index is -3.68. The number of hydrogen-bond acceptors (Lipinski definition) is 5. The van der Waals surface area contributed by atoms with Crippen LogP contribution in [0.4, 0.5) is 5.69 Å². The van der Waals surface area contributed by atoms with E-state index in [2.05, 4.69) is 4.72 Å². The normalized spacial score (nSPS) is 22.7. The third-order valence-corrected chi connectivity index (χ3v) is 5.30. The summed E-state index contributed by atoms with van der Waals surface area (Å²) in [6.45, 7) is 0.342. The first-order valence-corrected chi connectivity index (χ1v) is 8.38. The Morgan fingerprint density at radius 3 is 2.57 bits per heavy atom. The number of nitrogens with zero attached hydrogens (tertiary/aromatic N) is 1. The van der Waals surface area contributed by atoms with E-state index in [1.165, 1.54) is 18.2 Å². The summed E-state index contributed by atoms with van der Waals surface area (Å²) in [5, 5.41) is 18.2. The second-order valence-corrected chi connectivity index (χ2v) is 7.13. The van der Waals surface area contributed by atoms with Gasteiger partial charge in [-0.3, -0.25) is 0 Å². The molecule has 4 N–H and O–H groups in total. The molecule has 0 spiro atoms. The van der Waals surface area contributed by atoms with Crippen LogP contribution in [-0.2, 0) is 10.0 Å². The summed E-state index contributed by atoms with van der Waals surface area (Å²) in [4.78, 5) is -0.00246. The molecule has 0 heterocycles. The third kappa shape index (κ3) is 3.94. The van der Waals surface area contributed by atoms with E-state index in [4.69, 9.17) is 11.0 Å². The van der Waals surface area contributed by atoms with E-state index in [9.17, 15) is 13.5 Å². The summed E-state index contributed by atoms with van der Waals surface area (Å²) < 4.78 is 27.0. The summed E-state index contributed by atoms with van der Waals surface area (Å²) in [7, 11) is -3.68. The molecular weight excluding hydrogens is 290 g/mol. The van der Waals surface area contributed by atoms with Crippen molar-refractivity contribution in [2.24, 2.45) is 5.92 Å². The smallest absolute Gasteiger partial charge is 0.242 e. The minimum absolute atomic E-state index is 0.00246. The summed E-state index contributed by atoms with van der Waals surface area (Å²) >= 11 is 0. The van der Waals surface area contributed by atoms with Crippen molar-refractivity contribution >= 4 is 15.7 Å². The molecule has 0 amide bonds. The van der Waals surface area contributed by atoms with Gasteiger partial charge in [-0.2, -0.15) is 5.26 Å². The molecule has 0 saturated heterocycles. The highest BCUT2D eigenvalue weighted by molar-refractivity contribution is 7.89. The number of nitrogens with two attached hydrogens (primary N) is 1. The summed E-state index contributed by atoms with van der Waals surface area (Å²) in [6.07, 6.45) is 2.79. The van der Waals surface area contributed by atoms with Gasteiger partial charge in [-0.25, -0.2) is 13.1 Å². The van der Waals surface area contributed by atoms with Gasteiger partial charge in [0.25, 0.3) is 0 Å². The molecule has 0 unspecified atom stereocenters. The van der Waals surface area contributed by atoms with Crippen LogP contribution in [-0.4, -0.2) is 26.2 Å². The van der Waals surface area contributed by atoms with Crippen LogP contribution in [0.25, 0.3) is 0 Å². The van der Waals surface area contributed by atoms with Gasteiger partial charge >= 0.3 is 0 Å². The van der Waals surface area contributed by atoms with Crippen molar-refractivity contribution < 1.29 is 13.5 Å². The fraction of sp³-hybridized carbons (Fsp3) is 0.500. The van der Waals surface area contributed by atoms with Crippen molar-refractivity contribution in [1.29, 1.82) is 5.26 Å². The van der Waals surface area contributed by atoms with E-state index in [0.29, 0.717) is 24.9 Å². The fourth-order valence-electron chi connectivity index (χ4n) is 2.52. The second-order valence-electron chi connectivity index (χ2n) is 5.39. The van der Waals surface area contributed by atoms with Gasteiger partial charge < -0.3 is 10.8 Å². The average Bonchev–Trinajstić information content (AvgIpc) is 2.46. The van der Waals surface area contributed by atoms with Crippen LogP contribution in [0, 0.1) is 17.2 Å². The van der Waals surface area contributed by atoms with Gasteiger partial charge in [-0.05, 0) is 49.8 Å². The van der Waals surface area contributed by atoms with Gasteiger partial charge in [0.1, 0.15) is 4.90 Å². The van der Waals surface area contributed by atoms with E-state index >= 15 is 0 Å². The monoisotopic (exact) mass is 309 g/mol. The third-order valence-electron chi connectivity index (χ3n) is 3.81. The van der Waals surface area contributed by atoms with Crippen LogP contribution in [0.3, 0.4) is 0 Å². The highest BCUT2D eigenvalue weighted by Crippen LogP contribution is 2.25. The van der Waals surface area contributed by atoms with Gasteiger partial charge in [0, 0.05) is 6.54 Å². The van der Waals surface area contributed by atoms with Gasteiger partial charge in [0.05, 0.1) is 23.4 Å². The molecule has 1 fully saturated rings. The Hall–Kier alpha value is -1.62. The number of aliphatic hydroxyl groups is 1. The van der Waals surface area contributed by atoms with Gasteiger partial charge in [-0.1, -0.05) is 0 Å². The fourth-order valence-corrected chi connectivity index (χ4v) is 3.74. The Morgan fingerprint density at radius 2 is 2.00 bits per heavy atom. The molecule has 1 aromatic carbocycles. The van der Waals surface area contributed by atoms with E-state index in [-0.39, 0.29) is 22.6 Å². The topological polar surface area (TPSA) is 116 Å². The van der Waals surface area contributed by atoms with Gasteiger partial charge in [0.15, 0.2) is 0 Å². The zero-order valence-corrected chi connectivity index (χ0v) is 12.4. The van der Waals surface area contributed by atoms with Crippen LogP contribution in [0.2, 0.25) is 0 Å². The number of nitrogens with one attached hydrogen (secondary N) is 1. The maximum atomic E-state index is 12.2. The lowest BCUT2D eigenvalue weighted by atomic mass is 9.88. The van der Waals surface area contributed by atoms with Crippen LogP contribution in [0.1, 0.15) is 31.2 Å². The van der Waals surface area contributed by atoms with Gasteiger partial charge in [-0.15, -0.1) is 0 Å². The van der Waals surface area contributed by atoms with Crippen molar-refractivity contribution in [3.05, 3.63) is 23.8 Å². The number of nitrogen functional groups attached to an aromatic ring is 1. The standard InChI is InChI=1S/C14H19N3O3S/c15-8-11-3-6-14(13(16)7-11)21(19,20)17-9-10-1-4-12(18)5-2-10/h3,6-7,10,12,17-18H,1-2,4-5,9,16H2. The molecule has 6 nitrogen and oxygen atoms in total. The van der Waals surface area contributed by atoms with Crippen molar-refractivity contribution in [3.8, 4) is 6.07 Å². The lowest BCUT2D eigenvalue weighted by Crippen LogP contribution is -2.32. The van der Waals surface area contributed by atoms with Crippen molar-refractivity contribution in [2.45, 2.75) is 36.7 Å². The number of nitriles is 1. The van der Waals surface area contributed by atoms with Crippen LogP contribution in [0.5, 0.6) is 0 Å². The summed E-state index contributed by atoms with van der Waals surface area (Å²) in [6, 6.07) is 6.05. The van der Waals surface area contributed by atoms with E-state index in [1.54, 1.807) is 0 Å². The molecule has 1 aliphatic carbocycles. The van der Waals surface area contributed by atoms with Crippen molar-refractivity contribution in [3.63, 3.8) is 0 Å². The molecule has 1 aromatic rings. The molecule has 1 aliphatic rings. The molecule has 0 radical (unpaired) electrons. The first-order valence-electron chi connectivity index (χ1n) is 6.89. The quantitative estimate of drug-likeness (QED) is 0.717. The number of rotatable bonds is 4. The molecule has 0 aromatic heterocycles. The Labute approximate surface area is 124 Å². The minimum Gasteiger partial charge on any atom is -0.398 e. The highest BCUT2D eigenvalue weighted by atomic mass is 32.2. The molecule has 7 heteroatoms. The molecule has 0 bridgehead atoms. The predicted molar refractivity (Wildman–Crippen MR) is 78.7 cm³/mol. The maximum absolute atomic E-state index is 12.2. The number of anilines is 1. The lowest BCUT2D eigenvalue weighted by Gasteiger charge is -2.25. The Bertz CT molecular complexity index is 644. The van der Waals surface area contributed by atoms with E-state index in [0.717, 1.165) is 12.8 Å². The van der Waals surface area contributed by atoms with Gasteiger partial charge in [0.2, 0.25) is 10.0 Å². The summed E-state index contributed by atoms with van der Waals surface area (Å²) in [5.74, 6) is 0.239. The predicted octanol–water partition coefficient (Wildman–Crippen LogP) is 0.970.